The zero-order valence-electron chi connectivity index (χ0n) is 9.67. The largest absolute Gasteiger partial charge is 0.281 e. The van der Waals surface area contributed by atoms with Gasteiger partial charge < -0.3 is 0 Å². The molecule has 0 aliphatic heterocycles. The van der Waals surface area contributed by atoms with Crippen LogP contribution in [0.4, 0.5) is 5.69 Å². The van der Waals surface area contributed by atoms with E-state index in [1.165, 1.54) is 6.20 Å². The van der Waals surface area contributed by atoms with Crippen LogP contribution in [0.5, 0.6) is 0 Å². The molecule has 0 saturated carbocycles. The van der Waals surface area contributed by atoms with E-state index in [1.807, 2.05) is 24.3 Å². The molecular formula is C11H12BrN3O2S. The quantitative estimate of drug-likeness (QED) is 0.933. The number of rotatable bonds is 4. The lowest BCUT2D eigenvalue weighted by Crippen LogP contribution is -2.08. The summed E-state index contributed by atoms with van der Waals surface area (Å²) in [7, 11) is -3.25. The summed E-state index contributed by atoms with van der Waals surface area (Å²) in [6, 6.07) is 7.87. The molecule has 0 aliphatic carbocycles. The highest BCUT2D eigenvalue weighted by Gasteiger charge is 2.04. The minimum Gasteiger partial charge on any atom is -0.281 e. The van der Waals surface area contributed by atoms with E-state index in [0.29, 0.717) is 12.2 Å². The van der Waals surface area contributed by atoms with E-state index in [0.717, 1.165) is 16.3 Å². The number of hydrogen-bond acceptors (Lipinski definition) is 3. The van der Waals surface area contributed by atoms with Crippen LogP contribution in [0.3, 0.4) is 0 Å². The fourth-order valence-electron chi connectivity index (χ4n) is 1.49. The molecule has 1 aromatic heterocycles. The second kappa shape index (κ2) is 5.11. The van der Waals surface area contributed by atoms with E-state index in [1.54, 1.807) is 10.9 Å². The second-order valence-corrected chi connectivity index (χ2v) is 6.59. The molecule has 0 amide bonds. The van der Waals surface area contributed by atoms with Gasteiger partial charge in [0.25, 0.3) is 0 Å². The normalized spacial score (nSPS) is 11.4. The lowest BCUT2D eigenvalue weighted by Gasteiger charge is -2.02. The van der Waals surface area contributed by atoms with Crippen molar-refractivity contribution in [1.82, 2.24) is 9.78 Å². The summed E-state index contributed by atoms with van der Waals surface area (Å²) in [5, 5.41) is 4.10. The fourth-order valence-corrected chi connectivity index (χ4v) is 2.29. The molecule has 2 rings (SSSR count). The number of nitrogens with zero attached hydrogens (tertiary/aromatic N) is 2. The zero-order valence-corrected chi connectivity index (χ0v) is 12.1. The van der Waals surface area contributed by atoms with Gasteiger partial charge in [-0.2, -0.15) is 5.10 Å². The van der Waals surface area contributed by atoms with Crippen LogP contribution >= 0.6 is 15.9 Å². The molecule has 96 valence electrons. The van der Waals surface area contributed by atoms with Gasteiger partial charge in [-0.1, -0.05) is 28.1 Å². The first-order valence-electron chi connectivity index (χ1n) is 5.17. The van der Waals surface area contributed by atoms with Crippen molar-refractivity contribution in [3.8, 4) is 0 Å². The maximum atomic E-state index is 11.1. The lowest BCUT2D eigenvalue weighted by atomic mass is 10.2. The summed E-state index contributed by atoms with van der Waals surface area (Å²) in [6.07, 6.45) is 4.25. The smallest absolute Gasteiger partial charge is 0.229 e. The highest BCUT2D eigenvalue weighted by atomic mass is 79.9. The van der Waals surface area contributed by atoms with Gasteiger partial charge in [0.2, 0.25) is 10.0 Å². The number of benzene rings is 1. The average Bonchev–Trinajstić information content (AvgIpc) is 2.66. The molecule has 0 spiro atoms. The number of aromatic nitrogens is 2. The molecule has 2 aromatic rings. The van der Waals surface area contributed by atoms with Crippen molar-refractivity contribution in [3.05, 3.63) is 46.7 Å². The Balaban J connectivity index is 2.09. The molecule has 0 saturated heterocycles. The average molecular weight is 330 g/mol. The Morgan fingerprint density at radius 2 is 2.00 bits per heavy atom. The Morgan fingerprint density at radius 1 is 1.33 bits per heavy atom. The molecule has 1 heterocycles. The molecule has 0 bridgehead atoms. The summed E-state index contributed by atoms with van der Waals surface area (Å²) in [4.78, 5) is 0. The summed E-state index contributed by atoms with van der Waals surface area (Å²) < 4.78 is 27.2. The number of sulfonamides is 1. The van der Waals surface area contributed by atoms with Gasteiger partial charge in [0.05, 0.1) is 24.7 Å². The highest BCUT2D eigenvalue weighted by molar-refractivity contribution is 9.10. The molecule has 0 aliphatic rings. The van der Waals surface area contributed by atoms with Crippen molar-refractivity contribution in [2.24, 2.45) is 0 Å². The maximum Gasteiger partial charge on any atom is 0.229 e. The molecule has 18 heavy (non-hydrogen) atoms. The predicted octanol–water partition coefficient (Wildman–Crippen LogP) is 2.07. The molecule has 0 unspecified atom stereocenters. The van der Waals surface area contributed by atoms with Crippen LogP contribution in [0.25, 0.3) is 0 Å². The second-order valence-electron chi connectivity index (χ2n) is 3.93. The van der Waals surface area contributed by atoms with Crippen LogP contribution < -0.4 is 4.72 Å². The van der Waals surface area contributed by atoms with E-state index in [2.05, 4.69) is 25.8 Å². The van der Waals surface area contributed by atoms with Crippen LogP contribution in [-0.4, -0.2) is 24.5 Å². The van der Waals surface area contributed by atoms with Crippen molar-refractivity contribution in [2.75, 3.05) is 11.0 Å². The summed E-state index contributed by atoms with van der Waals surface area (Å²) in [5.74, 6) is 0. The predicted molar refractivity (Wildman–Crippen MR) is 73.9 cm³/mol. The molecule has 7 heteroatoms. The Labute approximate surface area is 114 Å². The molecule has 1 N–H and O–H groups in total. The molecule has 0 radical (unpaired) electrons. The van der Waals surface area contributed by atoms with Gasteiger partial charge in [-0.3, -0.25) is 9.40 Å². The van der Waals surface area contributed by atoms with Crippen molar-refractivity contribution < 1.29 is 8.42 Å². The molecular weight excluding hydrogens is 318 g/mol. The topological polar surface area (TPSA) is 64.0 Å². The van der Waals surface area contributed by atoms with Crippen molar-refractivity contribution >= 4 is 31.6 Å². The SMILES string of the molecule is CS(=O)(=O)Nc1cnn(Cc2ccc(Br)cc2)c1. The van der Waals surface area contributed by atoms with E-state index in [-0.39, 0.29) is 0 Å². The van der Waals surface area contributed by atoms with Crippen molar-refractivity contribution in [3.63, 3.8) is 0 Å². The van der Waals surface area contributed by atoms with Gasteiger partial charge in [0.1, 0.15) is 0 Å². The van der Waals surface area contributed by atoms with Crippen molar-refractivity contribution in [1.29, 1.82) is 0 Å². The molecule has 1 aromatic carbocycles. The van der Waals surface area contributed by atoms with Gasteiger partial charge in [0, 0.05) is 10.7 Å². The van der Waals surface area contributed by atoms with Gasteiger partial charge in [-0.15, -0.1) is 0 Å². The monoisotopic (exact) mass is 329 g/mol. The van der Waals surface area contributed by atoms with Crippen LogP contribution in [0.15, 0.2) is 41.1 Å². The Morgan fingerprint density at radius 3 is 2.61 bits per heavy atom. The Bertz CT molecular complexity index is 635. The number of hydrogen-bond donors (Lipinski definition) is 1. The van der Waals surface area contributed by atoms with Crippen LogP contribution in [-0.2, 0) is 16.6 Å². The minimum atomic E-state index is -3.25. The van der Waals surface area contributed by atoms with Crippen molar-refractivity contribution in [2.45, 2.75) is 6.54 Å². The summed E-state index contributed by atoms with van der Waals surface area (Å²) in [5.41, 5.74) is 1.56. The first-order valence-corrected chi connectivity index (χ1v) is 7.85. The first-order chi connectivity index (χ1) is 8.42. The molecule has 5 nitrogen and oxygen atoms in total. The van der Waals surface area contributed by atoms with Gasteiger partial charge in [0.15, 0.2) is 0 Å². The van der Waals surface area contributed by atoms with E-state index in [9.17, 15) is 8.42 Å². The standard InChI is InChI=1S/C11H12BrN3O2S/c1-18(16,17)14-11-6-13-15(8-11)7-9-2-4-10(12)5-3-9/h2-6,8,14H,7H2,1H3. The summed E-state index contributed by atoms with van der Waals surface area (Å²) >= 11 is 3.37. The summed E-state index contributed by atoms with van der Waals surface area (Å²) in [6.45, 7) is 0.596. The van der Waals surface area contributed by atoms with E-state index >= 15 is 0 Å². The lowest BCUT2D eigenvalue weighted by molar-refractivity contribution is 0.607. The van der Waals surface area contributed by atoms with Crippen LogP contribution in [0.1, 0.15) is 5.56 Å². The Hall–Kier alpha value is -1.34. The molecule has 0 fully saturated rings. The molecule has 0 atom stereocenters. The highest BCUT2D eigenvalue weighted by Crippen LogP contribution is 2.13. The Kier molecular flexibility index (Phi) is 3.72. The fraction of sp³-hybridized carbons (Fsp3) is 0.182. The van der Waals surface area contributed by atoms with E-state index < -0.39 is 10.0 Å². The minimum absolute atomic E-state index is 0.467. The zero-order chi connectivity index (χ0) is 13.2. The third-order valence-corrected chi connectivity index (χ3v) is 3.33. The maximum absolute atomic E-state index is 11.1. The van der Waals surface area contributed by atoms with Gasteiger partial charge in [-0.05, 0) is 17.7 Å². The number of anilines is 1. The van der Waals surface area contributed by atoms with Gasteiger partial charge in [-0.25, -0.2) is 8.42 Å². The third kappa shape index (κ3) is 3.85. The first kappa shape index (κ1) is 13.1. The van der Waals surface area contributed by atoms with Gasteiger partial charge >= 0.3 is 0 Å². The third-order valence-electron chi connectivity index (χ3n) is 2.19. The van der Waals surface area contributed by atoms with E-state index in [4.69, 9.17) is 0 Å². The van der Waals surface area contributed by atoms with Crippen LogP contribution in [0, 0.1) is 0 Å². The van der Waals surface area contributed by atoms with Crippen LogP contribution in [0.2, 0.25) is 0 Å². The number of halogens is 1. The number of nitrogens with one attached hydrogen (secondary N) is 1.